The summed E-state index contributed by atoms with van der Waals surface area (Å²) in [6, 6.07) is 8.34. The van der Waals surface area contributed by atoms with Crippen LogP contribution in [0.15, 0.2) is 30.3 Å². The predicted octanol–water partition coefficient (Wildman–Crippen LogP) is 1.76. The molecule has 0 saturated carbocycles. The molecule has 0 unspecified atom stereocenters. The molecule has 0 aliphatic rings. The quantitative estimate of drug-likeness (QED) is 0.495. The minimum Gasteiger partial charge on any atom is -0.369 e. The maximum atomic E-state index is 11.7. The lowest BCUT2D eigenvalue weighted by Gasteiger charge is -2.19. The molecule has 0 aromatic heterocycles. The number of hydroxylamine groups is 1. The van der Waals surface area contributed by atoms with Crippen LogP contribution < -0.4 is 5.48 Å². The topological polar surface area (TPSA) is 105 Å². The molecule has 0 radical (unpaired) electrons. The maximum Gasteiger partial charge on any atom is 0.527 e. The first-order valence-electron chi connectivity index (χ1n) is 6.48. The average molecular weight is 317 g/mol. The molecule has 0 spiro atoms. The highest BCUT2D eigenvalue weighted by Gasteiger charge is 2.28. The van der Waals surface area contributed by atoms with Crippen molar-refractivity contribution in [2.24, 2.45) is 5.92 Å². The third-order valence-corrected chi connectivity index (χ3v) is 2.93. The lowest BCUT2D eigenvalue weighted by atomic mass is 10.1. The Balaban J connectivity index is 2.53. The number of carbonyl (C=O) groups excluding carboxylic acids is 1. The zero-order valence-corrected chi connectivity index (χ0v) is 12.8. The monoisotopic (exact) mass is 317 g/mol. The highest BCUT2D eigenvalue weighted by atomic mass is 31.2. The molecule has 0 saturated heterocycles. The van der Waals surface area contributed by atoms with Crippen LogP contribution in [0.4, 0.5) is 0 Å². The maximum absolute atomic E-state index is 11.7. The Morgan fingerprint density at radius 1 is 1.29 bits per heavy atom. The predicted molar refractivity (Wildman–Crippen MR) is 75.7 cm³/mol. The van der Waals surface area contributed by atoms with Gasteiger partial charge in [-0.3, -0.25) is 14.6 Å². The minimum atomic E-state index is -4.85. The smallest absolute Gasteiger partial charge is 0.369 e. The molecule has 0 aliphatic carbocycles. The van der Waals surface area contributed by atoms with Gasteiger partial charge in [0.1, 0.15) is 6.04 Å². The van der Waals surface area contributed by atoms with E-state index in [9.17, 15) is 9.36 Å². The number of benzene rings is 1. The van der Waals surface area contributed by atoms with Crippen LogP contribution in [0.2, 0.25) is 0 Å². The number of phosphoric ester groups is 1. The van der Waals surface area contributed by atoms with E-state index < -0.39 is 19.8 Å². The fourth-order valence-corrected chi connectivity index (χ4v) is 2.01. The van der Waals surface area contributed by atoms with E-state index in [1.54, 1.807) is 0 Å². The van der Waals surface area contributed by atoms with E-state index in [2.05, 4.69) is 10.0 Å². The number of hydrogen-bond acceptors (Lipinski definition) is 5. The first kappa shape index (κ1) is 17.8. The lowest BCUT2D eigenvalue weighted by Crippen LogP contribution is -2.38. The van der Waals surface area contributed by atoms with E-state index in [4.69, 9.17) is 14.6 Å². The number of hydrogen-bond donors (Lipinski definition) is 3. The molecule has 21 heavy (non-hydrogen) atoms. The second kappa shape index (κ2) is 8.26. The van der Waals surface area contributed by atoms with Crippen molar-refractivity contribution in [3.63, 3.8) is 0 Å². The second-order valence-corrected chi connectivity index (χ2v) is 6.14. The van der Waals surface area contributed by atoms with E-state index in [-0.39, 0.29) is 12.5 Å². The van der Waals surface area contributed by atoms with Crippen molar-refractivity contribution in [3.05, 3.63) is 35.9 Å². The molecule has 118 valence electrons. The summed E-state index contributed by atoms with van der Waals surface area (Å²) < 4.78 is 14.8. The number of phosphoric acid groups is 1. The summed E-state index contributed by atoms with van der Waals surface area (Å²) in [6.45, 7) is 3.96. The SMILES string of the molecule is CC(C)C[C@H](NOCc1ccccc1)C(=O)OP(=O)(O)O. The summed E-state index contributed by atoms with van der Waals surface area (Å²) in [4.78, 5) is 34.2. The van der Waals surface area contributed by atoms with Crippen molar-refractivity contribution in [1.29, 1.82) is 0 Å². The standard InChI is InChI=1S/C13H20NO6P/c1-10(2)8-12(13(15)20-21(16,17)18)14-19-9-11-6-4-3-5-7-11/h3-7,10,12,14H,8-9H2,1-2H3,(H2,16,17,18)/t12-/m0/s1. The first-order valence-corrected chi connectivity index (χ1v) is 8.01. The van der Waals surface area contributed by atoms with Gasteiger partial charge in [0, 0.05) is 0 Å². The molecular weight excluding hydrogens is 297 g/mol. The van der Waals surface area contributed by atoms with E-state index in [1.165, 1.54) is 0 Å². The molecule has 1 atom stereocenters. The zero-order valence-electron chi connectivity index (χ0n) is 11.9. The van der Waals surface area contributed by atoms with Crippen LogP contribution in [0.25, 0.3) is 0 Å². The Kier molecular flexibility index (Phi) is 7.01. The summed E-state index contributed by atoms with van der Waals surface area (Å²) in [6.07, 6.45) is 0.327. The average Bonchev–Trinajstić information content (AvgIpc) is 2.36. The molecule has 1 aromatic carbocycles. The van der Waals surface area contributed by atoms with Crippen molar-refractivity contribution >= 4 is 13.8 Å². The minimum absolute atomic E-state index is 0.118. The van der Waals surface area contributed by atoms with Crippen LogP contribution in [-0.4, -0.2) is 21.8 Å². The molecule has 0 aliphatic heterocycles. The molecule has 3 N–H and O–H groups in total. The molecule has 8 heteroatoms. The Hall–Kier alpha value is -1.24. The molecular formula is C13H20NO6P. The van der Waals surface area contributed by atoms with E-state index in [0.29, 0.717) is 6.42 Å². The first-order chi connectivity index (χ1) is 9.78. The Labute approximate surface area is 123 Å². The molecule has 0 heterocycles. The second-order valence-electron chi connectivity index (χ2n) is 4.98. The number of nitrogens with one attached hydrogen (secondary N) is 1. The van der Waals surface area contributed by atoms with Crippen LogP contribution in [0.1, 0.15) is 25.8 Å². The summed E-state index contributed by atoms with van der Waals surface area (Å²) in [5.41, 5.74) is 3.40. The molecule has 7 nitrogen and oxygen atoms in total. The van der Waals surface area contributed by atoms with Gasteiger partial charge < -0.3 is 4.52 Å². The van der Waals surface area contributed by atoms with Gasteiger partial charge in [-0.2, -0.15) is 5.48 Å². The molecule has 1 rings (SSSR count). The summed E-state index contributed by atoms with van der Waals surface area (Å²) in [7, 11) is -4.85. The Morgan fingerprint density at radius 2 is 1.90 bits per heavy atom. The van der Waals surface area contributed by atoms with Gasteiger partial charge in [0.2, 0.25) is 0 Å². The summed E-state index contributed by atoms with van der Waals surface area (Å²) >= 11 is 0. The fraction of sp³-hybridized carbons (Fsp3) is 0.462. The lowest BCUT2D eigenvalue weighted by molar-refractivity contribution is -0.143. The van der Waals surface area contributed by atoms with Gasteiger partial charge in [-0.05, 0) is 17.9 Å². The highest BCUT2D eigenvalue weighted by molar-refractivity contribution is 7.46. The van der Waals surface area contributed by atoms with Gasteiger partial charge in [-0.25, -0.2) is 9.36 Å². The van der Waals surface area contributed by atoms with Gasteiger partial charge in [-0.1, -0.05) is 44.2 Å². The normalized spacial score (nSPS) is 13.2. The Morgan fingerprint density at radius 3 is 2.43 bits per heavy atom. The van der Waals surface area contributed by atoms with E-state index in [0.717, 1.165) is 5.56 Å². The fourth-order valence-electron chi connectivity index (χ4n) is 1.64. The van der Waals surface area contributed by atoms with Gasteiger partial charge >= 0.3 is 13.8 Å². The highest BCUT2D eigenvalue weighted by Crippen LogP contribution is 2.36. The van der Waals surface area contributed by atoms with Gasteiger partial charge in [0.05, 0.1) is 6.61 Å². The van der Waals surface area contributed by atoms with Crippen molar-refractivity contribution in [1.82, 2.24) is 5.48 Å². The molecule has 1 aromatic rings. The van der Waals surface area contributed by atoms with E-state index in [1.807, 2.05) is 44.2 Å². The zero-order chi connectivity index (χ0) is 15.9. The van der Waals surface area contributed by atoms with Gasteiger partial charge in [-0.15, -0.1) is 0 Å². The van der Waals surface area contributed by atoms with Crippen molar-refractivity contribution in [3.8, 4) is 0 Å². The van der Waals surface area contributed by atoms with Crippen molar-refractivity contribution < 1.29 is 28.5 Å². The van der Waals surface area contributed by atoms with Crippen LogP contribution in [0, 0.1) is 5.92 Å². The summed E-state index contributed by atoms with van der Waals surface area (Å²) in [5.74, 6) is -0.919. The largest absolute Gasteiger partial charge is 0.527 e. The van der Waals surface area contributed by atoms with Crippen molar-refractivity contribution in [2.45, 2.75) is 32.9 Å². The van der Waals surface area contributed by atoms with Crippen LogP contribution in [-0.2, 0) is 25.3 Å². The van der Waals surface area contributed by atoms with Gasteiger partial charge in [0.15, 0.2) is 0 Å². The van der Waals surface area contributed by atoms with Crippen LogP contribution >= 0.6 is 7.82 Å². The van der Waals surface area contributed by atoms with Gasteiger partial charge in [0.25, 0.3) is 0 Å². The Bertz CT molecular complexity index is 487. The van der Waals surface area contributed by atoms with Crippen LogP contribution in [0.3, 0.4) is 0 Å². The summed E-state index contributed by atoms with van der Waals surface area (Å²) in [5, 5.41) is 0. The number of rotatable bonds is 8. The van der Waals surface area contributed by atoms with Crippen molar-refractivity contribution in [2.75, 3.05) is 0 Å². The molecule has 0 bridgehead atoms. The molecule has 0 fully saturated rings. The third kappa shape index (κ3) is 7.94. The van der Waals surface area contributed by atoms with Crippen LogP contribution in [0.5, 0.6) is 0 Å². The van der Waals surface area contributed by atoms with E-state index >= 15 is 0 Å². The molecule has 0 amide bonds. The number of carbonyl (C=O) groups is 1. The third-order valence-electron chi connectivity index (χ3n) is 2.51.